The van der Waals surface area contributed by atoms with Crippen LogP contribution >= 0.6 is 0 Å². The summed E-state index contributed by atoms with van der Waals surface area (Å²) in [6.45, 7) is 0.647. The van der Waals surface area contributed by atoms with Gasteiger partial charge in [0.15, 0.2) is 0 Å². The van der Waals surface area contributed by atoms with Crippen LogP contribution in [0.3, 0.4) is 0 Å². The quantitative estimate of drug-likeness (QED) is 0.222. The Morgan fingerprint density at radius 2 is 1.75 bits per heavy atom. The lowest BCUT2D eigenvalue weighted by molar-refractivity contribution is -0.183. The van der Waals surface area contributed by atoms with Crippen LogP contribution in [0.2, 0.25) is 0 Å². The number of benzene rings is 2. The summed E-state index contributed by atoms with van der Waals surface area (Å²) in [6.07, 6.45) is 7.48. The highest BCUT2D eigenvalue weighted by Gasteiger charge is 2.35. The first-order valence-corrected chi connectivity index (χ1v) is 12.5. The molecule has 2 N–H and O–H groups in total. The summed E-state index contributed by atoms with van der Waals surface area (Å²) >= 11 is 0. The fourth-order valence-corrected chi connectivity index (χ4v) is 4.81. The van der Waals surface area contributed by atoms with Crippen molar-refractivity contribution in [1.29, 1.82) is 0 Å². The van der Waals surface area contributed by atoms with Crippen LogP contribution in [0.5, 0.6) is 0 Å². The number of unbranched alkanes of at least 4 members (excludes halogenated alkanes) is 3. The highest BCUT2D eigenvalue weighted by atomic mass is 16.7. The van der Waals surface area contributed by atoms with Crippen LogP contribution in [0.25, 0.3) is 0 Å². The second-order valence-corrected chi connectivity index (χ2v) is 9.10. The van der Waals surface area contributed by atoms with E-state index in [1.54, 1.807) is 20.3 Å². The van der Waals surface area contributed by atoms with Gasteiger partial charge in [-0.05, 0) is 30.9 Å². The fourth-order valence-electron chi connectivity index (χ4n) is 4.81. The molecule has 1 aliphatic rings. The highest BCUT2D eigenvalue weighted by Crippen LogP contribution is 2.35. The molecule has 0 bridgehead atoms. The van der Waals surface area contributed by atoms with Gasteiger partial charge in [0.05, 0.1) is 12.1 Å². The van der Waals surface area contributed by atoms with E-state index < -0.39 is 17.9 Å². The van der Waals surface area contributed by atoms with Crippen LogP contribution < -0.4 is 0 Å². The van der Waals surface area contributed by atoms with E-state index >= 15 is 0 Å². The van der Waals surface area contributed by atoms with Crippen molar-refractivity contribution in [2.75, 3.05) is 20.8 Å². The number of carboxylic acids is 1. The predicted molar refractivity (Wildman–Crippen MR) is 137 cm³/mol. The summed E-state index contributed by atoms with van der Waals surface area (Å²) in [5.74, 6) is -1.74. The third kappa shape index (κ3) is 6.81. The molecular formula is C29H37NO6. The molecule has 2 aromatic carbocycles. The number of ether oxygens (including phenoxy) is 2. The molecule has 0 spiro atoms. The van der Waals surface area contributed by atoms with Crippen LogP contribution in [0, 0.1) is 0 Å². The maximum absolute atomic E-state index is 12.4. The molecule has 1 saturated heterocycles. The minimum atomic E-state index is -1.10. The van der Waals surface area contributed by atoms with Crippen molar-refractivity contribution in [3.05, 3.63) is 83.4 Å². The summed E-state index contributed by atoms with van der Waals surface area (Å²) in [7, 11) is 3.19. The van der Waals surface area contributed by atoms with E-state index in [9.17, 15) is 14.7 Å². The molecule has 0 saturated carbocycles. The molecule has 1 heterocycles. The Morgan fingerprint density at radius 3 is 2.44 bits per heavy atom. The third-order valence-corrected chi connectivity index (χ3v) is 6.77. The van der Waals surface area contributed by atoms with E-state index in [0.717, 1.165) is 36.8 Å². The average molecular weight is 496 g/mol. The number of carbonyl (C=O) groups excluding carboxylic acids is 1. The molecule has 3 rings (SSSR count). The monoisotopic (exact) mass is 495 g/mol. The van der Waals surface area contributed by atoms with E-state index in [0.29, 0.717) is 24.9 Å². The van der Waals surface area contributed by atoms with Crippen LogP contribution in [-0.2, 0) is 24.8 Å². The number of likely N-dealkylation sites (tertiary alicyclic amines) is 1. The van der Waals surface area contributed by atoms with Gasteiger partial charge in [0.2, 0.25) is 11.7 Å². The van der Waals surface area contributed by atoms with Crippen molar-refractivity contribution in [3.8, 4) is 0 Å². The first kappa shape index (κ1) is 27.6. The number of hydrogen-bond acceptors (Lipinski definition) is 5. The van der Waals surface area contributed by atoms with Gasteiger partial charge in [0.25, 0.3) is 0 Å². The Bertz CT molecular complexity index is 1020. The summed E-state index contributed by atoms with van der Waals surface area (Å²) in [6, 6.07) is 17.1. The molecule has 2 atom stereocenters. The molecule has 0 radical (unpaired) electrons. The Balaban J connectivity index is 1.66. The Morgan fingerprint density at radius 1 is 1.06 bits per heavy atom. The first-order valence-electron chi connectivity index (χ1n) is 12.5. The molecular weight excluding hydrogens is 458 g/mol. The van der Waals surface area contributed by atoms with Crippen LogP contribution in [0.15, 0.2) is 66.7 Å². The first-order chi connectivity index (χ1) is 17.4. The van der Waals surface area contributed by atoms with Gasteiger partial charge < -0.3 is 24.6 Å². The SMILES string of the molecule is COC(OC)(c1ccccc1)c1cccc([C@H](O)C=CC2CCC(=O)N2CCCCCCC(=O)O)c1. The van der Waals surface area contributed by atoms with Gasteiger partial charge in [-0.3, -0.25) is 9.59 Å². The zero-order valence-corrected chi connectivity index (χ0v) is 21.1. The second kappa shape index (κ2) is 13.3. The van der Waals surface area contributed by atoms with Gasteiger partial charge >= 0.3 is 5.97 Å². The Hall–Kier alpha value is -3.00. The minimum Gasteiger partial charge on any atom is -0.481 e. The summed E-state index contributed by atoms with van der Waals surface area (Å²) < 4.78 is 11.7. The molecule has 7 nitrogen and oxygen atoms in total. The van der Waals surface area contributed by atoms with E-state index in [1.807, 2.05) is 65.6 Å². The number of hydrogen-bond donors (Lipinski definition) is 2. The van der Waals surface area contributed by atoms with Crippen molar-refractivity contribution in [1.82, 2.24) is 4.90 Å². The van der Waals surface area contributed by atoms with Gasteiger partial charge in [0, 0.05) is 44.7 Å². The Kier molecular flexibility index (Phi) is 10.2. The number of carbonyl (C=O) groups is 2. The number of carboxylic acid groups (broad SMARTS) is 1. The number of nitrogens with zero attached hydrogens (tertiary/aromatic N) is 1. The van der Waals surface area contributed by atoms with Gasteiger partial charge in [-0.15, -0.1) is 0 Å². The standard InChI is InChI=1S/C29H37NO6/c1-35-29(36-2,23-12-6-5-7-13-23)24-14-10-11-22(21-24)26(31)18-16-25-17-19-27(32)30(25)20-9-4-3-8-15-28(33)34/h5-7,10-14,16,18,21,25-26,31H,3-4,8-9,15,17,19-20H2,1-2H3,(H,33,34)/t25?,26-/m1/s1. The average Bonchev–Trinajstić information content (AvgIpc) is 3.25. The highest BCUT2D eigenvalue weighted by molar-refractivity contribution is 5.79. The van der Waals surface area contributed by atoms with E-state index in [4.69, 9.17) is 14.6 Å². The predicted octanol–water partition coefficient (Wildman–Crippen LogP) is 4.80. The van der Waals surface area contributed by atoms with E-state index in [2.05, 4.69) is 0 Å². The lowest BCUT2D eigenvalue weighted by Gasteiger charge is -2.32. The van der Waals surface area contributed by atoms with Crippen molar-refractivity contribution in [3.63, 3.8) is 0 Å². The second-order valence-electron chi connectivity index (χ2n) is 9.10. The summed E-state index contributed by atoms with van der Waals surface area (Å²) in [4.78, 5) is 24.9. The topological polar surface area (TPSA) is 96.3 Å². The molecule has 0 aromatic heterocycles. The number of aliphatic hydroxyl groups excluding tert-OH is 1. The van der Waals surface area contributed by atoms with Crippen LogP contribution in [0.1, 0.15) is 67.7 Å². The fraction of sp³-hybridized carbons (Fsp3) is 0.448. The molecule has 2 aromatic rings. The number of aliphatic carboxylic acids is 1. The zero-order chi connectivity index (χ0) is 26.0. The van der Waals surface area contributed by atoms with Gasteiger partial charge in [-0.25, -0.2) is 0 Å². The van der Waals surface area contributed by atoms with E-state index in [1.165, 1.54) is 0 Å². The molecule has 36 heavy (non-hydrogen) atoms. The van der Waals surface area contributed by atoms with Gasteiger partial charge in [-0.1, -0.05) is 73.5 Å². The molecule has 194 valence electrons. The lowest BCUT2D eigenvalue weighted by atomic mass is 9.94. The van der Waals surface area contributed by atoms with Crippen LogP contribution in [-0.4, -0.2) is 53.8 Å². The lowest BCUT2D eigenvalue weighted by Crippen LogP contribution is -2.32. The molecule has 1 unspecified atom stereocenters. The van der Waals surface area contributed by atoms with Gasteiger partial charge in [0.1, 0.15) is 0 Å². The van der Waals surface area contributed by atoms with E-state index in [-0.39, 0.29) is 18.4 Å². The Labute approximate surface area is 213 Å². The molecule has 7 heteroatoms. The summed E-state index contributed by atoms with van der Waals surface area (Å²) in [5.41, 5.74) is 2.32. The maximum Gasteiger partial charge on any atom is 0.303 e. The molecule has 0 aliphatic carbocycles. The smallest absolute Gasteiger partial charge is 0.303 e. The van der Waals surface area contributed by atoms with Crippen LogP contribution in [0.4, 0.5) is 0 Å². The molecule has 1 aliphatic heterocycles. The third-order valence-electron chi connectivity index (χ3n) is 6.77. The largest absolute Gasteiger partial charge is 0.481 e. The molecule has 1 fully saturated rings. The van der Waals surface area contributed by atoms with Crippen molar-refractivity contribution in [2.45, 2.75) is 62.9 Å². The zero-order valence-electron chi connectivity index (χ0n) is 21.1. The number of aliphatic hydroxyl groups is 1. The minimum absolute atomic E-state index is 0.0456. The summed E-state index contributed by atoms with van der Waals surface area (Å²) in [5, 5.41) is 19.7. The van der Waals surface area contributed by atoms with Crippen molar-refractivity contribution < 1.29 is 29.3 Å². The number of methoxy groups -OCH3 is 2. The normalized spacial score (nSPS) is 17.1. The van der Waals surface area contributed by atoms with Crippen molar-refractivity contribution in [2.24, 2.45) is 0 Å². The van der Waals surface area contributed by atoms with Gasteiger partial charge in [-0.2, -0.15) is 0 Å². The van der Waals surface area contributed by atoms with Crippen molar-refractivity contribution >= 4 is 11.9 Å². The maximum atomic E-state index is 12.4. The molecule has 1 amide bonds. The number of amides is 1. The number of rotatable bonds is 14.